The number of nitrogens with one attached hydrogen (secondary N) is 1. The lowest BCUT2D eigenvalue weighted by atomic mass is 10.3. The van der Waals surface area contributed by atoms with E-state index in [0.717, 1.165) is 19.1 Å². The van der Waals surface area contributed by atoms with Gasteiger partial charge in [-0.1, -0.05) is 6.92 Å². The van der Waals surface area contributed by atoms with E-state index in [1.54, 1.807) is 0 Å². The maximum Gasteiger partial charge on any atom is 0.0534 e. The Balaban J connectivity index is 1.64. The molecule has 1 N–H and O–H groups in total. The number of hydrogen-bond acceptors (Lipinski definition) is 3. The molecule has 4 heteroatoms. The maximum absolute atomic E-state index is 4.35. The molecule has 18 heavy (non-hydrogen) atoms. The Morgan fingerprint density at radius 3 is 2.83 bits per heavy atom. The van der Waals surface area contributed by atoms with Crippen molar-refractivity contribution in [3.8, 4) is 0 Å². The molecule has 0 aliphatic heterocycles. The summed E-state index contributed by atoms with van der Waals surface area (Å²) < 4.78 is 2.01. The molecule has 1 aliphatic rings. The van der Waals surface area contributed by atoms with Gasteiger partial charge in [0.15, 0.2) is 0 Å². The van der Waals surface area contributed by atoms with Gasteiger partial charge in [0.2, 0.25) is 0 Å². The van der Waals surface area contributed by atoms with E-state index in [-0.39, 0.29) is 0 Å². The first kappa shape index (κ1) is 13.6. The van der Waals surface area contributed by atoms with Crippen LogP contribution in [0.1, 0.15) is 45.2 Å². The molecule has 1 heterocycles. The van der Waals surface area contributed by atoms with Gasteiger partial charge in [0.1, 0.15) is 0 Å². The van der Waals surface area contributed by atoms with Crippen molar-refractivity contribution in [1.29, 1.82) is 0 Å². The highest BCUT2D eigenvalue weighted by molar-refractivity contribution is 5.03. The number of rotatable bonds is 8. The summed E-state index contributed by atoms with van der Waals surface area (Å²) in [6, 6.07) is 1.32. The Labute approximate surface area is 110 Å². The van der Waals surface area contributed by atoms with Crippen LogP contribution in [0.4, 0.5) is 0 Å². The minimum Gasteiger partial charge on any atom is -0.311 e. The van der Waals surface area contributed by atoms with Gasteiger partial charge in [-0.05, 0) is 33.2 Å². The zero-order valence-electron chi connectivity index (χ0n) is 11.9. The fourth-order valence-corrected chi connectivity index (χ4v) is 2.25. The fourth-order valence-electron chi connectivity index (χ4n) is 2.25. The number of aromatic nitrogens is 2. The molecule has 1 aliphatic carbocycles. The largest absolute Gasteiger partial charge is 0.311 e. The highest BCUT2D eigenvalue weighted by Crippen LogP contribution is 2.25. The zero-order chi connectivity index (χ0) is 13.0. The highest BCUT2D eigenvalue weighted by Gasteiger charge is 2.26. The second-order valence-electron chi connectivity index (χ2n) is 5.46. The second-order valence-corrected chi connectivity index (χ2v) is 5.46. The lowest BCUT2D eigenvalue weighted by molar-refractivity contribution is 0.277. The first-order valence-corrected chi connectivity index (χ1v) is 7.18. The highest BCUT2D eigenvalue weighted by atomic mass is 15.3. The normalized spacial score (nSPS) is 15.8. The molecule has 0 bridgehead atoms. The van der Waals surface area contributed by atoms with Crippen LogP contribution in [0.25, 0.3) is 0 Å². The smallest absolute Gasteiger partial charge is 0.0534 e. The van der Waals surface area contributed by atoms with Crippen molar-refractivity contribution < 1.29 is 0 Å². The molecule has 1 aromatic rings. The van der Waals surface area contributed by atoms with Crippen LogP contribution in [0.3, 0.4) is 0 Å². The van der Waals surface area contributed by atoms with E-state index >= 15 is 0 Å². The molecule has 1 saturated carbocycles. The molecule has 2 rings (SSSR count). The van der Waals surface area contributed by atoms with Gasteiger partial charge in [0, 0.05) is 43.5 Å². The molecule has 4 nitrogen and oxygen atoms in total. The molecule has 0 spiro atoms. The summed E-state index contributed by atoms with van der Waals surface area (Å²) in [5.41, 5.74) is 1.28. The van der Waals surface area contributed by atoms with Gasteiger partial charge in [-0.25, -0.2) is 0 Å². The van der Waals surface area contributed by atoms with Gasteiger partial charge in [-0.15, -0.1) is 0 Å². The van der Waals surface area contributed by atoms with Gasteiger partial charge in [-0.3, -0.25) is 9.58 Å². The number of hydrogen-bond donors (Lipinski definition) is 1. The lowest BCUT2D eigenvalue weighted by Gasteiger charge is -2.19. The monoisotopic (exact) mass is 250 g/mol. The SMILES string of the molecule is CCN(CCNCc1cnn(C(C)C)c1)C1CC1. The van der Waals surface area contributed by atoms with E-state index < -0.39 is 0 Å². The van der Waals surface area contributed by atoms with Crippen LogP contribution in [0.5, 0.6) is 0 Å². The van der Waals surface area contributed by atoms with E-state index in [2.05, 4.69) is 42.3 Å². The van der Waals surface area contributed by atoms with E-state index in [1.165, 1.54) is 31.5 Å². The average Bonchev–Trinajstić information content (AvgIpc) is 3.07. The Morgan fingerprint density at radius 2 is 2.28 bits per heavy atom. The van der Waals surface area contributed by atoms with E-state index in [1.807, 2.05) is 10.9 Å². The number of likely N-dealkylation sites (N-methyl/N-ethyl adjacent to an activating group) is 1. The molecular weight excluding hydrogens is 224 g/mol. The Bertz CT molecular complexity index is 354. The van der Waals surface area contributed by atoms with Crippen LogP contribution in [0.15, 0.2) is 12.4 Å². The van der Waals surface area contributed by atoms with Gasteiger partial charge >= 0.3 is 0 Å². The standard InChI is InChI=1S/C14H26N4/c1-4-17(14-5-6-14)8-7-15-9-13-10-16-18(11-13)12(2)3/h10-12,14-15H,4-9H2,1-3H3. The molecule has 1 fully saturated rings. The van der Waals surface area contributed by atoms with Crippen molar-refractivity contribution in [2.45, 2.75) is 52.2 Å². The lowest BCUT2D eigenvalue weighted by Crippen LogP contribution is -2.33. The van der Waals surface area contributed by atoms with Crippen LogP contribution >= 0.6 is 0 Å². The minimum absolute atomic E-state index is 0.448. The third-order valence-electron chi connectivity index (χ3n) is 3.56. The predicted octanol–water partition coefficient (Wildman–Crippen LogP) is 2.04. The third kappa shape index (κ3) is 3.82. The maximum atomic E-state index is 4.35. The predicted molar refractivity (Wildman–Crippen MR) is 74.6 cm³/mol. The minimum atomic E-state index is 0.448. The molecule has 0 unspecified atom stereocenters. The van der Waals surface area contributed by atoms with Gasteiger partial charge in [0.05, 0.1) is 6.20 Å². The van der Waals surface area contributed by atoms with Crippen LogP contribution < -0.4 is 5.32 Å². The van der Waals surface area contributed by atoms with Crippen molar-refractivity contribution in [3.05, 3.63) is 18.0 Å². The molecule has 0 radical (unpaired) electrons. The zero-order valence-corrected chi connectivity index (χ0v) is 11.9. The van der Waals surface area contributed by atoms with Crippen LogP contribution in [0, 0.1) is 0 Å². The molecule has 1 aromatic heterocycles. The van der Waals surface area contributed by atoms with Crippen molar-refractivity contribution in [2.24, 2.45) is 0 Å². The van der Waals surface area contributed by atoms with Crippen LogP contribution in [-0.4, -0.2) is 40.4 Å². The Hall–Kier alpha value is -0.870. The van der Waals surface area contributed by atoms with E-state index in [4.69, 9.17) is 0 Å². The molecular formula is C14H26N4. The summed E-state index contributed by atoms with van der Waals surface area (Å²) in [6.45, 7) is 10.9. The first-order valence-electron chi connectivity index (χ1n) is 7.18. The summed E-state index contributed by atoms with van der Waals surface area (Å²) in [4.78, 5) is 2.57. The fraction of sp³-hybridized carbons (Fsp3) is 0.786. The van der Waals surface area contributed by atoms with E-state index in [9.17, 15) is 0 Å². The Morgan fingerprint density at radius 1 is 1.50 bits per heavy atom. The Kier molecular flexibility index (Phi) is 4.78. The van der Waals surface area contributed by atoms with Crippen molar-refractivity contribution in [2.75, 3.05) is 19.6 Å². The number of nitrogens with zero attached hydrogens (tertiary/aromatic N) is 3. The van der Waals surface area contributed by atoms with Crippen LogP contribution in [0.2, 0.25) is 0 Å². The first-order chi connectivity index (χ1) is 8.70. The van der Waals surface area contributed by atoms with E-state index in [0.29, 0.717) is 6.04 Å². The van der Waals surface area contributed by atoms with Crippen LogP contribution in [-0.2, 0) is 6.54 Å². The van der Waals surface area contributed by atoms with Gasteiger partial charge < -0.3 is 5.32 Å². The van der Waals surface area contributed by atoms with Crippen molar-refractivity contribution >= 4 is 0 Å². The second kappa shape index (κ2) is 6.34. The summed E-state index contributed by atoms with van der Waals surface area (Å²) >= 11 is 0. The van der Waals surface area contributed by atoms with Gasteiger partial charge in [-0.2, -0.15) is 5.10 Å². The molecule has 102 valence electrons. The van der Waals surface area contributed by atoms with Crippen molar-refractivity contribution in [1.82, 2.24) is 20.0 Å². The molecule has 0 aromatic carbocycles. The molecule has 0 atom stereocenters. The quantitative estimate of drug-likeness (QED) is 0.717. The van der Waals surface area contributed by atoms with Crippen molar-refractivity contribution in [3.63, 3.8) is 0 Å². The topological polar surface area (TPSA) is 33.1 Å². The molecule has 0 saturated heterocycles. The third-order valence-corrected chi connectivity index (χ3v) is 3.56. The van der Waals surface area contributed by atoms with Gasteiger partial charge in [0.25, 0.3) is 0 Å². The summed E-state index contributed by atoms with van der Waals surface area (Å²) in [7, 11) is 0. The summed E-state index contributed by atoms with van der Waals surface area (Å²) in [5, 5.41) is 7.86. The summed E-state index contributed by atoms with van der Waals surface area (Å²) in [5.74, 6) is 0. The molecule has 0 amide bonds. The summed E-state index contributed by atoms with van der Waals surface area (Å²) in [6.07, 6.45) is 6.89. The average molecular weight is 250 g/mol.